The van der Waals surface area contributed by atoms with Crippen molar-refractivity contribution in [2.75, 3.05) is 11.4 Å². The lowest BCUT2D eigenvalue weighted by Crippen LogP contribution is -2.37. The zero-order valence-corrected chi connectivity index (χ0v) is 15.4. The number of carbonyl (C=O) groups is 2. The Balaban J connectivity index is 1.72. The lowest BCUT2D eigenvalue weighted by molar-refractivity contribution is -0.117. The molecular weight excluding hydrogens is 338 g/mol. The van der Waals surface area contributed by atoms with Gasteiger partial charge in [0.25, 0.3) is 5.91 Å². The molecule has 3 rings (SSSR count). The van der Waals surface area contributed by atoms with E-state index in [1.807, 2.05) is 32.0 Å². The fraction of sp³-hybridized carbons (Fsp3) is 0.368. The van der Waals surface area contributed by atoms with E-state index in [2.05, 4.69) is 16.8 Å². The number of halogens is 1. The minimum absolute atomic E-state index is 0.00778. The molecule has 5 nitrogen and oxygen atoms in total. The highest BCUT2D eigenvalue weighted by Gasteiger charge is 2.32. The molecule has 1 aromatic carbocycles. The summed E-state index contributed by atoms with van der Waals surface area (Å²) >= 11 is 6.01. The van der Waals surface area contributed by atoms with Gasteiger partial charge >= 0.3 is 0 Å². The molecule has 1 saturated heterocycles. The average molecular weight is 360 g/mol. The summed E-state index contributed by atoms with van der Waals surface area (Å²) in [4.78, 5) is 26.6. The summed E-state index contributed by atoms with van der Waals surface area (Å²) in [5.74, 6) is -0.134. The molecule has 2 aromatic rings. The summed E-state index contributed by atoms with van der Waals surface area (Å²) in [6.45, 7) is 7.28. The highest BCUT2D eigenvalue weighted by molar-refractivity contribution is 6.30. The number of aryl methyl sites for hydroxylation is 1. The lowest BCUT2D eigenvalue weighted by Gasteiger charge is -2.17. The van der Waals surface area contributed by atoms with Crippen LogP contribution in [0.2, 0.25) is 5.02 Å². The van der Waals surface area contributed by atoms with Crippen LogP contribution in [0.4, 0.5) is 5.69 Å². The summed E-state index contributed by atoms with van der Waals surface area (Å²) in [5, 5.41) is 3.59. The number of hydrogen-bond donors (Lipinski definition) is 1. The third kappa shape index (κ3) is 3.42. The maximum absolute atomic E-state index is 12.6. The minimum Gasteiger partial charge on any atom is -0.349 e. The van der Waals surface area contributed by atoms with Gasteiger partial charge in [-0.3, -0.25) is 9.59 Å². The van der Waals surface area contributed by atoms with Crippen molar-refractivity contribution < 1.29 is 9.59 Å². The topological polar surface area (TPSA) is 54.3 Å². The Morgan fingerprint density at radius 1 is 1.32 bits per heavy atom. The molecule has 1 unspecified atom stereocenters. The standard InChI is InChI=1S/C19H22ClN3O2/c1-4-22-12(2)8-17(13(22)3)19(25)21-15-10-18(24)23(11-15)16-7-5-6-14(20)9-16/h5-9,15H,4,10-11H2,1-3H3,(H,21,25). The van der Waals surface area contributed by atoms with Crippen LogP contribution in [0.1, 0.15) is 35.1 Å². The van der Waals surface area contributed by atoms with Crippen LogP contribution in [-0.2, 0) is 11.3 Å². The third-order valence-corrected chi connectivity index (χ3v) is 4.95. The summed E-state index contributed by atoms with van der Waals surface area (Å²) < 4.78 is 2.10. The largest absolute Gasteiger partial charge is 0.349 e. The van der Waals surface area contributed by atoms with Crippen molar-refractivity contribution in [1.82, 2.24) is 9.88 Å². The minimum atomic E-state index is -0.205. The Bertz CT molecular complexity index is 828. The molecule has 25 heavy (non-hydrogen) atoms. The van der Waals surface area contributed by atoms with E-state index in [0.717, 1.165) is 23.6 Å². The van der Waals surface area contributed by atoms with Crippen molar-refractivity contribution in [3.63, 3.8) is 0 Å². The van der Waals surface area contributed by atoms with Gasteiger partial charge in [-0.2, -0.15) is 0 Å². The molecule has 0 bridgehead atoms. The molecule has 1 aliphatic heterocycles. The number of carbonyl (C=O) groups excluding carboxylic acids is 2. The second-order valence-electron chi connectivity index (χ2n) is 6.39. The molecule has 2 heterocycles. The molecule has 0 aliphatic carbocycles. The molecule has 0 saturated carbocycles. The van der Waals surface area contributed by atoms with Gasteiger partial charge in [-0.05, 0) is 45.0 Å². The Kier molecular flexibility index (Phi) is 4.86. The second kappa shape index (κ2) is 6.92. The molecule has 2 amide bonds. The maximum Gasteiger partial charge on any atom is 0.253 e. The van der Waals surface area contributed by atoms with Gasteiger partial charge in [0.1, 0.15) is 0 Å². The number of nitrogens with one attached hydrogen (secondary N) is 1. The van der Waals surface area contributed by atoms with E-state index < -0.39 is 0 Å². The Morgan fingerprint density at radius 2 is 2.08 bits per heavy atom. The normalized spacial score (nSPS) is 17.2. The number of nitrogens with zero attached hydrogens (tertiary/aromatic N) is 2. The fourth-order valence-corrected chi connectivity index (χ4v) is 3.66. The van der Waals surface area contributed by atoms with Crippen LogP contribution in [-0.4, -0.2) is 29.0 Å². The van der Waals surface area contributed by atoms with Gasteiger partial charge in [0.15, 0.2) is 0 Å². The lowest BCUT2D eigenvalue weighted by atomic mass is 10.2. The van der Waals surface area contributed by atoms with Gasteiger partial charge in [-0.15, -0.1) is 0 Å². The van der Waals surface area contributed by atoms with Gasteiger partial charge in [0.2, 0.25) is 5.91 Å². The molecule has 0 spiro atoms. The number of rotatable bonds is 4. The molecule has 132 valence electrons. The highest BCUT2D eigenvalue weighted by Crippen LogP contribution is 2.25. The first-order valence-corrected chi connectivity index (χ1v) is 8.82. The van der Waals surface area contributed by atoms with E-state index in [-0.39, 0.29) is 17.9 Å². The number of aromatic nitrogens is 1. The van der Waals surface area contributed by atoms with Gasteiger partial charge in [-0.25, -0.2) is 0 Å². The second-order valence-corrected chi connectivity index (χ2v) is 6.82. The van der Waals surface area contributed by atoms with Crippen LogP contribution >= 0.6 is 11.6 Å². The molecular formula is C19H22ClN3O2. The Morgan fingerprint density at radius 3 is 2.72 bits per heavy atom. The molecule has 1 fully saturated rings. The van der Waals surface area contributed by atoms with Crippen molar-refractivity contribution in [3.8, 4) is 0 Å². The number of hydrogen-bond acceptors (Lipinski definition) is 2. The highest BCUT2D eigenvalue weighted by atomic mass is 35.5. The monoisotopic (exact) mass is 359 g/mol. The van der Waals surface area contributed by atoms with Gasteiger partial charge in [-0.1, -0.05) is 17.7 Å². The first-order valence-electron chi connectivity index (χ1n) is 8.44. The predicted octanol–water partition coefficient (Wildman–Crippen LogP) is 3.31. The van der Waals surface area contributed by atoms with Gasteiger partial charge in [0.05, 0.1) is 11.6 Å². The molecule has 1 aromatic heterocycles. The number of amides is 2. The van der Waals surface area contributed by atoms with Gasteiger partial charge < -0.3 is 14.8 Å². The Hall–Kier alpha value is -2.27. The van der Waals surface area contributed by atoms with Crippen molar-refractivity contribution in [2.24, 2.45) is 0 Å². The van der Waals surface area contributed by atoms with E-state index in [1.165, 1.54) is 0 Å². The van der Waals surface area contributed by atoms with Crippen LogP contribution < -0.4 is 10.2 Å². The van der Waals surface area contributed by atoms with Crippen molar-refractivity contribution in [3.05, 3.63) is 52.3 Å². The summed E-state index contributed by atoms with van der Waals surface area (Å²) in [6, 6.07) is 8.90. The molecule has 0 radical (unpaired) electrons. The molecule has 1 N–H and O–H groups in total. The molecule has 1 aliphatic rings. The van der Waals surface area contributed by atoms with E-state index in [9.17, 15) is 9.59 Å². The summed E-state index contributed by atoms with van der Waals surface area (Å²) in [7, 11) is 0. The first kappa shape index (κ1) is 17.5. The first-order chi connectivity index (χ1) is 11.9. The average Bonchev–Trinajstić information content (AvgIpc) is 3.06. The number of anilines is 1. The van der Waals surface area contributed by atoms with Gasteiger partial charge in [0, 0.05) is 41.6 Å². The fourth-order valence-electron chi connectivity index (χ4n) is 3.48. The quantitative estimate of drug-likeness (QED) is 0.910. The van der Waals surface area contributed by atoms with E-state index in [0.29, 0.717) is 23.6 Å². The van der Waals surface area contributed by atoms with Crippen molar-refractivity contribution in [2.45, 2.75) is 39.8 Å². The van der Waals surface area contributed by atoms with Crippen molar-refractivity contribution >= 4 is 29.1 Å². The zero-order valence-electron chi connectivity index (χ0n) is 14.7. The molecule has 6 heteroatoms. The van der Waals surface area contributed by atoms with Crippen LogP contribution in [0.5, 0.6) is 0 Å². The summed E-state index contributed by atoms with van der Waals surface area (Å²) in [5.41, 5.74) is 3.45. The summed E-state index contributed by atoms with van der Waals surface area (Å²) in [6.07, 6.45) is 0.296. The van der Waals surface area contributed by atoms with E-state index in [1.54, 1.807) is 17.0 Å². The van der Waals surface area contributed by atoms with Crippen LogP contribution in [0.3, 0.4) is 0 Å². The molecule has 1 atom stereocenters. The van der Waals surface area contributed by atoms with Crippen LogP contribution in [0.15, 0.2) is 30.3 Å². The smallest absolute Gasteiger partial charge is 0.253 e. The number of benzene rings is 1. The third-order valence-electron chi connectivity index (χ3n) is 4.71. The maximum atomic E-state index is 12.6. The SMILES string of the molecule is CCn1c(C)cc(C(=O)NC2CC(=O)N(c3cccc(Cl)c3)C2)c1C. The van der Waals surface area contributed by atoms with E-state index in [4.69, 9.17) is 11.6 Å². The predicted molar refractivity (Wildman–Crippen MR) is 99.3 cm³/mol. The Labute approximate surface area is 152 Å². The van der Waals surface area contributed by atoms with Crippen molar-refractivity contribution in [1.29, 1.82) is 0 Å². The zero-order chi connectivity index (χ0) is 18.1. The van der Waals surface area contributed by atoms with Crippen LogP contribution in [0, 0.1) is 13.8 Å². The van der Waals surface area contributed by atoms with E-state index >= 15 is 0 Å². The van der Waals surface area contributed by atoms with Crippen LogP contribution in [0.25, 0.3) is 0 Å².